The Morgan fingerprint density at radius 1 is 1.31 bits per heavy atom. The summed E-state index contributed by atoms with van der Waals surface area (Å²) in [6.45, 7) is 2.03. The molecular formula is C12H15NOS2. The molecule has 1 amide bonds. The van der Waals surface area contributed by atoms with Gasteiger partial charge in [-0.2, -0.15) is 0 Å². The van der Waals surface area contributed by atoms with Gasteiger partial charge >= 0.3 is 0 Å². The van der Waals surface area contributed by atoms with Gasteiger partial charge in [-0.3, -0.25) is 4.79 Å². The number of nitrogens with one attached hydrogen (secondary N) is 1. The van der Waals surface area contributed by atoms with Crippen molar-refractivity contribution in [3.63, 3.8) is 0 Å². The maximum absolute atomic E-state index is 11.9. The van der Waals surface area contributed by atoms with E-state index in [1.165, 1.54) is 0 Å². The number of hydrogen-bond donors (Lipinski definition) is 1. The largest absolute Gasteiger partial charge is 0.321 e. The highest BCUT2D eigenvalue weighted by molar-refractivity contribution is 8.22. The summed E-state index contributed by atoms with van der Waals surface area (Å²) in [5, 5.41) is 2.91. The highest BCUT2D eigenvalue weighted by Crippen LogP contribution is 2.40. The van der Waals surface area contributed by atoms with Crippen LogP contribution in [0.3, 0.4) is 0 Å². The molecule has 1 aromatic rings. The van der Waals surface area contributed by atoms with E-state index in [-0.39, 0.29) is 7.33 Å². The van der Waals surface area contributed by atoms with E-state index in [1.807, 2.05) is 37.6 Å². The van der Waals surface area contributed by atoms with Crippen molar-refractivity contribution in [2.45, 2.75) is 6.92 Å². The second-order valence-corrected chi connectivity index (χ2v) is 5.47. The van der Waals surface area contributed by atoms with Crippen LogP contribution in [0, 0.1) is 6.92 Å². The first-order chi connectivity index (χ1) is 7.67. The number of carbonyl (C=O) groups is 1. The molecule has 0 fully saturated rings. The number of rotatable bonds is 2. The Kier molecular flexibility index (Phi) is 3.30. The Labute approximate surface area is 105 Å². The molecule has 0 saturated carbocycles. The summed E-state index contributed by atoms with van der Waals surface area (Å²) < 4.78 is 1.07. The molecule has 0 bridgehead atoms. The molecule has 1 aliphatic heterocycles. The Balaban J connectivity index is 0.00000144. The van der Waals surface area contributed by atoms with E-state index in [4.69, 9.17) is 0 Å². The van der Waals surface area contributed by atoms with Gasteiger partial charge in [-0.05, 0) is 31.1 Å². The van der Waals surface area contributed by atoms with Crippen molar-refractivity contribution >= 4 is 40.7 Å². The lowest BCUT2D eigenvalue weighted by molar-refractivity contribution is -0.110. The number of aryl methyl sites for hydroxylation is 1. The van der Waals surface area contributed by atoms with Gasteiger partial charge in [0.2, 0.25) is 0 Å². The number of hydrogen-bond acceptors (Lipinski definition) is 3. The van der Waals surface area contributed by atoms with Crippen LogP contribution in [-0.4, -0.2) is 18.4 Å². The second-order valence-electron chi connectivity index (χ2n) is 3.57. The van der Waals surface area contributed by atoms with Crippen molar-refractivity contribution in [3.05, 3.63) is 33.6 Å². The van der Waals surface area contributed by atoms with E-state index >= 15 is 0 Å². The van der Waals surface area contributed by atoms with Crippen LogP contribution in [-0.2, 0) is 4.79 Å². The van der Waals surface area contributed by atoms with Gasteiger partial charge in [0.25, 0.3) is 5.91 Å². The smallest absolute Gasteiger partial charge is 0.258 e. The zero-order valence-electron chi connectivity index (χ0n) is 9.46. The van der Waals surface area contributed by atoms with Crippen LogP contribution in [0.2, 0.25) is 0 Å². The van der Waals surface area contributed by atoms with Gasteiger partial charge in [0.15, 0.2) is 0 Å². The third kappa shape index (κ3) is 1.87. The highest BCUT2D eigenvalue weighted by atomic mass is 32.2. The number of amides is 1. The fourth-order valence-electron chi connectivity index (χ4n) is 1.78. The van der Waals surface area contributed by atoms with Crippen LogP contribution in [0.15, 0.2) is 22.4 Å². The quantitative estimate of drug-likeness (QED) is 0.817. The molecule has 1 aliphatic rings. The highest BCUT2D eigenvalue weighted by Gasteiger charge is 2.26. The van der Waals surface area contributed by atoms with Gasteiger partial charge in [0.1, 0.15) is 0 Å². The molecule has 0 aromatic heterocycles. The van der Waals surface area contributed by atoms with Gasteiger partial charge in [-0.15, -0.1) is 23.5 Å². The van der Waals surface area contributed by atoms with E-state index in [1.54, 1.807) is 23.5 Å². The monoisotopic (exact) mass is 253 g/mol. The van der Waals surface area contributed by atoms with E-state index in [9.17, 15) is 4.79 Å². The van der Waals surface area contributed by atoms with Gasteiger partial charge in [-0.1, -0.05) is 12.1 Å². The molecule has 1 N–H and O–H groups in total. The Morgan fingerprint density at radius 2 is 2.00 bits per heavy atom. The predicted molar refractivity (Wildman–Crippen MR) is 75.9 cm³/mol. The van der Waals surface area contributed by atoms with Crippen molar-refractivity contribution in [1.29, 1.82) is 0 Å². The molecule has 4 heteroatoms. The summed E-state index contributed by atoms with van der Waals surface area (Å²) >= 11 is 3.24. The summed E-state index contributed by atoms with van der Waals surface area (Å²) in [5.41, 5.74) is 3.93. The molecule has 86 valence electrons. The lowest BCUT2D eigenvalue weighted by atomic mass is 10.1. The zero-order chi connectivity index (χ0) is 11.7. The van der Waals surface area contributed by atoms with Crippen molar-refractivity contribution in [2.75, 3.05) is 17.8 Å². The number of anilines is 1. The summed E-state index contributed by atoms with van der Waals surface area (Å²) in [5.74, 6) is 0.0132. The molecular weight excluding hydrogens is 238 g/mol. The summed E-state index contributed by atoms with van der Waals surface area (Å²) in [7, 11) is 0. The Bertz CT molecular complexity index is 479. The number of fused-ring (bicyclic) bond motifs is 1. The molecule has 0 radical (unpaired) electrons. The third-order valence-corrected chi connectivity index (χ3v) is 4.64. The minimum Gasteiger partial charge on any atom is -0.321 e. The van der Waals surface area contributed by atoms with Crippen molar-refractivity contribution in [3.8, 4) is 0 Å². The molecule has 0 aliphatic carbocycles. The zero-order valence-corrected chi connectivity index (χ0v) is 11.1. The predicted octanol–water partition coefficient (Wildman–Crippen LogP) is 3.59. The average Bonchev–Trinajstić information content (AvgIpc) is 2.57. The second kappa shape index (κ2) is 4.55. The van der Waals surface area contributed by atoms with Crippen molar-refractivity contribution in [2.24, 2.45) is 0 Å². The first-order valence-corrected chi connectivity index (χ1v) is 7.37. The Hall–Kier alpha value is -0.870. The summed E-state index contributed by atoms with van der Waals surface area (Å²) in [6.07, 6.45) is 4.00. The van der Waals surface area contributed by atoms with Gasteiger partial charge in [0, 0.05) is 12.7 Å². The molecule has 16 heavy (non-hydrogen) atoms. The molecule has 0 saturated heterocycles. The number of benzene rings is 1. The minimum absolute atomic E-state index is 0. The maximum Gasteiger partial charge on any atom is 0.258 e. The third-order valence-electron chi connectivity index (χ3n) is 2.49. The normalized spacial score (nSPS) is 13.7. The van der Waals surface area contributed by atoms with Crippen LogP contribution in [0.5, 0.6) is 0 Å². The number of carbonyl (C=O) groups excluding carboxylic acids is 1. The minimum atomic E-state index is 0. The van der Waals surface area contributed by atoms with Crippen LogP contribution in [0.25, 0.3) is 5.57 Å². The van der Waals surface area contributed by atoms with E-state index in [0.29, 0.717) is 0 Å². The van der Waals surface area contributed by atoms with Crippen LogP contribution in [0.4, 0.5) is 5.69 Å². The maximum atomic E-state index is 11.9. The molecule has 0 unspecified atom stereocenters. The first kappa shape index (κ1) is 11.6. The van der Waals surface area contributed by atoms with Gasteiger partial charge in [-0.25, -0.2) is 0 Å². The van der Waals surface area contributed by atoms with Crippen molar-refractivity contribution < 1.29 is 6.22 Å². The first-order valence-electron chi connectivity index (χ1n) is 4.92. The van der Waals surface area contributed by atoms with E-state index < -0.39 is 0 Å². The average molecular weight is 253 g/mol. The standard InChI is InChI=1S/C12H13NOS2.H2/c1-7-4-5-8-9(6-7)13-11(14)10(8)12(15-2)16-3;/h4-6H,1-3H3,(H,13,14);1H. The molecule has 0 spiro atoms. The molecule has 1 heterocycles. The summed E-state index contributed by atoms with van der Waals surface area (Å²) in [6, 6.07) is 6.07. The SMILES string of the molecule is CSC(SC)=C1C(=O)Nc2cc(C)ccc21.[HH]. The number of thioether (sulfide) groups is 2. The fraction of sp³-hybridized carbons (Fsp3) is 0.250. The van der Waals surface area contributed by atoms with Gasteiger partial charge in [0.05, 0.1) is 9.81 Å². The lowest BCUT2D eigenvalue weighted by Gasteiger charge is -2.04. The van der Waals surface area contributed by atoms with Gasteiger partial charge < -0.3 is 5.32 Å². The molecule has 1 aromatic carbocycles. The molecule has 2 nitrogen and oxygen atoms in total. The Morgan fingerprint density at radius 3 is 2.62 bits per heavy atom. The topological polar surface area (TPSA) is 29.1 Å². The lowest BCUT2D eigenvalue weighted by Crippen LogP contribution is -2.04. The molecule has 0 atom stereocenters. The van der Waals surface area contributed by atoms with Crippen molar-refractivity contribution in [1.82, 2.24) is 0 Å². The van der Waals surface area contributed by atoms with Crippen LogP contribution < -0.4 is 5.32 Å². The van der Waals surface area contributed by atoms with E-state index in [0.717, 1.165) is 26.6 Å². The van der Waals surface area contributed by atoms with Crippen LogP contribution in [0.1, 0.15) is 12.6 Å². The van der Waals surface area contributed by atoms with Crippen LogP contribution >= 0.6 is 23.5 Å². The van der Waals surface area contributed by atoms with E-state index in [2.05, 4.69) is 5.32 Å². The fourth-order valence-corrected chi connectivity index (χ4v) is 3.26. The summed E-state index contributed by atoms with van der Waals surface area (Å²) in [4.78, 5) is 11.9. The molecule has 2 rings (SSSR count).